The molecule has 20 heavy (non-hydrogen) atoms. The summed E-state index contributed by atoms with van der Waals surface area (Å²) in [6.45, 7) is 2.20. The van der Waals surface area contributed by atoms with E-state index in [2.05, 4.69) is 26.2 Å². The van der Waals surface area contributed by atoms with E-state index < -0.39 is 6.10 Å². The van der Waals surface area contributed by atoms with Gasteiger partial charge in [-0.25, -0.2) is 4.98 Å². The van der Waals surface area contributed by atoms with Crippen molar-refractivity contribution in [3.05, 3.63) is 58.8 Å². The van der Waals surface area contributed by atoms with Crippen molar-refractivity contribution in [3.8, 4) is 5.75 Å². The van der Waals surface area contributed by atoms with Crippen LogP contribution < -0.4 is 10.1 Å². The van der Waals surface area contributed by atoms with Crippen LogP contribution in [0, 0.1) is 0 Å². The van der Waals surface area contributed by atoms with Crippen molar-refractivity contribution in [1.82, 2.24) is 10.3 Å². The van der Waals surface area contributed by atoms with Gasteiger partial charge in [0.25, 0.3) is 5.91 Å². The summed E-state index contributed by atoms with van der Waals surface area (Å²) in [6.07, 6.45) is 1.07. The molecule has 1 aromatic carbocycles. The lowest BCUT2D eigenvalue weighted by Gasteiger charge is -2.15. The Morgan fingerprint density at radius 1 is 1.30 bits per heavy atom. The molecule has 2 aromatic rings. The van der Waals surface area contributed by atoms with Crippen LogP contribution in [0.2, 0.25) is 0 Å². The molecule has 2 rings (SSSR count). The molecule has 4 nitrogen and oxygen atoms in total. The number of halogens is 1. The molecule has 0 spiro atoms. The Bertz CT molecular complexity index is 575. The zero-order valence-corrected chi connectivity index (χ0v) is 12.6. The molecule has 0 bridgehead atoms. The number of hydrogen-bond donors (Lipinski definition) is 1. The summed E-state index contributed by atoms with van der Waals surface area (Å²) in [4.78, 5) is 16.0. The molecule has 0 saturated carbocycles. The van der Waals surface area contributed by atoms with Gasteiger partial charge in [-0.05, 0) is 40.5 Å². The van der Waals surface area contributed by atoms with E-state index in [4.69, 9.17) is 4.74 Å². The van der Waals surface area contributed by atoms with Gasteiger partial charge in [-0.3, -0.25) is 4.79 Å². The Hall–Kier alpha value is -1.88. The summed E-state index contributed by atoms with van der Waals surface area (Å²) in [5, 5.41) is 2.84. The molecule has 0 aliphatic heterocycles. The molecule has 0 aliphatic carbocycles. The first-order valence-electron chi connectivity index (χ1n) is 6.25. The maximum absolute atomic E-state index is 12.0. The largest absolute Gasteiger partial charge is 0.478 e. The summed E-state index contributed by atoms with van der Waals surface area (Å²) < 4.78 is 6.16. The first-order chi connectivity index (χ1) is 9.66. The van der Waals surface area contributed by atoms with Crippen LogP contribution in [0.3, 0.4) is 0 Å². The van der Waals surface area contributed by atoms with Gasteiger partial charge in [0.2, 0.25) is 0 Å². The number of nitrogens with one attached hydrogen (secondary N) is 1. The molecule has 1 heterocycles. The highest BCUT2D eigenvalue weighted by Gasteiger charge is 2.15. The maximum Gasteiger partial charge on any atom is 0.261 e. The standard InChI is InChI=1S/C15H15BrN2O2/c1-11(20-13-8-5-9-17-14(13)16)15(19)18-10-12-6-3-2-4-7-12/h2-9,11H,10H2,1H3,(H,18,19). The average Bonchev–Trinajstić information content (AvgIpc) is 2.48. The summed E-state index contributed by atoms with van der Waals surface area (Å²) in [6, 6.07) is 13.3. The van der Waals surface area contributed by atoms with Crippen molar-refractivity contribution in [2.45, 2.75) is 19.6 Å². The number of carbonyl (C=O) groups excluding carboxylic acids is 1. The average molecular weight is 335 g/mol. The molecule has 0 aliphatic rings. The minimum Gasteiger partial charge on any atom is -0.478 e. The van der Waals surface area contributed by atoms with E-state index in [-0.39, 0.29) is 5.91 Å². The van der Waals surface area contributed by atoms with E-state index in [1.807, 2.05) is 30.3 Å². The Balaban J connectivity index is 1.88. The molecule has 1 unspecified atom stereocenters. The van der Waals surface area contributed by atoms with Crippen molar-refractivity contribution in [1.29, 1.82) is 0 Å². The zero-order valence-electron chi connectivity index (χ0n) is 11.0. The first kappa shape index (κ1) is 14.5. The normalized spacial score (nSPS) is 11.7. The fourth-order valence-electron chi connectivity index (χ4n) is 1.63. The van der Waals surface area contributed by atoms with Gasteiger partial charge in [0, 0.05) is 12.7 Å². The van der Waals surface area contributed by atoms with Crippen LogP contribution in [0.5, 0.6) is 5.75 Å². The Morgan fingerprint density at radius 3 is 2.75 bits per heavy atom. The van der Waals surface area contributed by atoms with Crippen LogP contribution in [-0.4, -0.2) is 17.0 Å². The van der Waals surface area contributed by atoms with E-state index in [0.717, 1.165) is 5.56 Å². The Morgan fingerprint density at radius 2 is 2.05 bits per heavy atom. The van der Waals surface area contributed by atoms with Gasteiger partial charge in [0.15, 0.2) is 11.9 Å². The van der Waals surface area contributed by atoms with Crippen LogP contribution in [-0.2, 0) is 11.3 Å². The molecule has 0 saturated heterocycles. The molecule has 1 atom stereocenters. The van der Waals surface area contributed by atoms with Gasteiger partial charge in [-0.15, -0.1) is 0 Å². The van der Waals surface area contributed by atoms with Crippen LogP contribution in [0.1, 0.15) is 12.5 Å². The topological polar surface area (TPSA) is 51.2 Å². The molecule has 1 amide bonds. The number of hydrogen-bond acceptors (Lipinski definition) is 3. The summed E-state index contributed by atoms with van der Waals surface area (Å²) in [7, 11) is 0. The number of ether oxygens (including phenoxy) is 1. The third-order valence-corrected chi connectivity index (χ3v) is 3.30. The minimum absolute atomic E-state index is 0.162. The quantitative estimate of drug-likeness (QED) is 0.855. The molecule has 5 heteroatoms. The lowest BCUT2D eigenvalue weighted by Crippen LogP contribution is -2.36. The van der Waals surface area contributed by atoms with Crippen molar-refractivity contribution >= 4 is 21.8 Å². The zero-order chi connectivity index (χ0) is 14.4. The molecule has 104 valence electrons. The molecule has 0 radical (unpaired) electrons. The number of nitrogens with zero attached hydrogens (tertiary/aromatic N) is 1. The second-order valence-corrected chi connectivity index (χ2v) is 5.01. The number of aromatic nitrogens is 1. The van der Waals surface area contributed by atoms with Crippen molar-refractivity contribution < 1.29 is 9.53 Å². The van der Waals surface area contributed by atoms with Gasteiger partial charge in [0.05, 0.1) is 0 Å². The predicted molar refractivity (Wildman–Crippen MR) is 80.3 cm³/mol. The highest BCUT2D eigenvalue weighted by atomic mass is 79.9. The molecule has 1 N–H and O–H groups in total. The molecular weight excluding hydrogens is 320 g/mol. The van der Waals surface area contributed by atoms with Crippen molar-refractivity contribution in [2.24, 2.45) is 0 Å². The lowest BCUT2D eigenvalue weighted by atomic mass is 10.2. The van der Waals surface area contributed by atoms with Gasteiger partial charge >= 0.3 is 0 Å². The van der Waals surface area contributed by atoms with Crippen molar-refractivity contribution in [2.75, 3.05) is 0 Å². The monoisotopic (exact) mass is 334 g/mol. The van der Waals surface area contributed by atoms with E-state index in [1.165, 1.54) is 0 Å². The maximum atomic E-state index is 12.0. The summed E-state index contributed by atoms with van der Waals surface area (Å²) in [5.74, 6) is 0.388. The number of amides is 1. The van der Waals surface area contributed by atoms with Gasteiger partial charge in [0.1, 0.15) is 4.60 Å². The highest BCUT2D eigenvalue weighted by molar-refractivity contribution is 9.10. The van der Waals surface area contributed by atoms with E-state index in [0.29, 0.717) is 16.9 Å². The fourth-order valence-corrected chi connectivity index (χ4v) is 1.98. The van der Waals surface area contributed by atoms with E-state index >= 15 is 0 Å². The minimum atomic E-state index is -0.584. The molecule has 0 fully saturated rings. The van der Waals surface area contributed by atoms with E-state index in [9.17, 15) is 4.79 Å². The van der Waals surface area contributed by atoms with Gasteiger partial charge in [-0.1, -0.05) is 30.3 Å². The van der Waals surface area contributed by atoms with Gasteiger partial charge in [-0.2, -0.15) is 0 Å². The third-order valence-electron chi connectivity index (χ3n) is 2.71. The van der Waals surface area contributed by atoms with Crippen LogP contribution in [0.25, 0.3) is 0 Å². The fraction of sp³-hybridized carbons (Fsp3) is 0.200. The molecule has 1 aromatic heterocycles. The summed E-state index contributed by atoms with van der Waals surface area (Å²) >= 11 is 3.28. The third kappa shape index (κ3) is 4.06. The Kier molecular flexibility index (Phi) is 5.12. The van der Waals surface area contributed by atoms with Crippen LogP contribution in [0.15, 0.2) is 53.3 Å². The van der Waals surface area contributed by atoms with Gasteiger partial charge < -0.3 is 10.1 Å². The number of benzene rings is 1. The number of rotatable bonds is 5. The second-order valence-electron chi connectivity index (χ2n) is 4.26. The second kappa shape index (κ2) is 7.05. The lowest BCUT2D eigenvalue weighted by molar-refractivity contribution is -0.127. The van der Waals surface area contributed by atoms with Crippen LogP contribution >= 0.6 is 15.9 Å². The van der Waals surface area contributed by atoms with Crippen LogP contribution in [0.4, 0.5) is 0 Å². The smallest absolute Gasteiger partial charge is 0.261 e. The SMILES string of the molecule is CC(Oc1cccnc1Br)C(=O)NCc1ccccc1. The number of pyridine rings is 1. The van der Waals surface area contributed by atoms with Crippen molar-refractivity contribution in [3.63, 3.8) is 0 Å². The first-order valence-corrected chi connectivity index (χ1v) is 7.05. The predicted octanol–water partition coefficient (Wildman–Crippen LogP) is 2.93. The molecular formula is C15H15BrN2O2. The Labute approximate surface area is 126 Å². The number of carbonyl (C=O) groups is 1. The summed E-state index contributed by atoms with van der Waals surface area (Å²) in [5.41, 5.74) is 1.05. The highest BCUT2D eigenvalue weighted by Crippen LogP contribution is 2.22. The van der Waals surface area contributed by atoms with E-state index in [1.54, 1.807) is 25.3 Å².